The van der Waals surface area contributed by atoms with Gasteiger partial charge < -0.3 is 10.4 Å². The molecule has 0 atom stereocenters. The second-order valence-corrected chi connectivity index (χ2v) is 10.0. The number of benzene rings is 1. The lowest BCUT2D eigenvalue weighted by molar-refractivity contribution is -0.0436. The van der Waals surface area contributed by atoms with Crippen molar-refractivity contribution in [2.24, 2.45) is 0 Å². The van der Waals surface area contributed by atoms with Crippen LogP contribution in [0.2, 0.25) is 5.15 Å². The van der Waals surface area contributed by atoms with Crippen LogP contribution in [0.25, 0.3) is 0 Å². The number of rotatable bonds is 5. The van der Waals surface area contributed by atoms with Crippen LogP contribution >= 0.6 is 11.6 Å². The van der Waals surface area contributed by atoms with Gasteiger partial charge in [-0.1, -0.05) is 18.5 Å². The van der Waals surface area contributed by atoms with Gasteiger partial charge in [0.05, 0.1) is 21.2 Å². The Hall–Kier alpha value is -2.38. The van der Waals surface area contributed by atoms with Crippen LogP contribution in [0.5, 0.6) is 5.75 Å². The van der Waals surface area contributed by atoms with E-state index in [1.165, 1.54) is 6.92 Å². The number of carbonyl (C=O) groups is 1. The van der Waals surface area contributed by atoms with E-state index in [0.717, 1.165) is 12.1 Å². The number of phenols is 1. The minimum atomic E-state index is -5.75. The van der Waals surface area contributed by atoms with Gasteiger partial charge in [0, 0.05) is 0 Å². The molecule has 0 aliphatic heterocycles. The minimum absolute atomic E-state index is 0.247. The van der Waals surface area contributed by atoms with E-state index in [1.807, 2.05) is 5.32 Å². The Morgan fingerprint density at radius 3 is 2.34 bits per heavy atom. The normalized spacial score (nSPS) is 12.6. The SMILES string of the molecule is CCS(=O)(=O)c1ccc(Cl)nc1C(=O)Nc1cc(S(=O)(=O)C(F)(F)F)ccc1O. The van der Waals surface area contributed by atoms with Crippen molar-refractivity contribution < 1.29 is 39.9 Å². The molecule has 0 aliphatic carbocycles. The highest BCUT2D eigenvalue weighted by Crippen LogP contribution is 2.34. The van der Waals surface area contributed by atoms with E-state index < -0.39 is 58.0 Å². The summed E-state index contributed by atoms with van der Waals surface area (Å²) in [6.07, 6.45) is 0. The Balaban J connectivity index is 2.53. The number of halogens is 4. The Kier molecular flexibility index (Phi) is 6.16. The third kappa shape index (κ3) is 4.62. The molecule has 0 fully saturated rings. The molecule has 8 nitrogen and oxygen atoms in total. The average Bonchev–Trinajstić information content (AvgIpc) is 2.62. The van der Waals surface area contributed by atoms with Crippen molar-refractivity contribution in [3.63, 3.8) is 0 Å². The first kappa shape index (κ1) is 22.9. The number of carbonyl (C=O) groups excluding carboxylic acids is 1. The first-order chi connectivity index (χ1) is 13.2. The van der Waals surface area contributed by atoms with E-state index >= 15 is 0 Å². The molecule has 0 radical (unpaired) electrons. The van der Waals surface area contributed by atoms with Crippen LogP contribution in [0.15, 0.2) is 40.1 Å². The third-order valence-electron chi connectivity index (χ3n) is 3.59. The van der Waals surface area contributed by atoms with E-state index in [1.54, 1.807) is 0 Å². The predicted molar refractivity (Wildman–Crippen MR) is 96.3 cm³/mol. The van der Waals surface area contributed by atoms with E-state index in [-0.39, 0.29) is 10.9 Å². The molecule has 2 rings (SSSR count). The van der Waals surface area contributed by atoms with Crippen LogP contribution < -0.4 is 5.32 Å². The molecule has 29 heavy (non-hydrogen) atoms. The summed E-state index contributed by atoms with van der Waals surface area (Å²) in [6, 6.07) is 3.65. The summed E-state index contributed by atoms with van der Waals surface area (Å²) >= 11 is 5.68. The number of nitrogens with zero attached hydrogens (tertiary/aromatic N) is 1. The number of amides is 1. The molecule has 2 N–H and O–H groups in total. The Morgan fingerprint density at radius 1 is 1.17 bits per heavy atom. The number of sulfone groups is 2. The molecule has 0 saturated carbocycles. The van der Waals surface area contributed by atoms with Gasteiger partial charge in [-0.2, -0.15) is 13.2 Å². The molecule has 0 unspecified atom stereocenters. The van der Waals surface area contributed by atoms with E-state index in [0.29, 0.717) is 18.2 Å². The summed E-state index contributed by atoms with van der Waals surface area (Å²) in [6.45, 7) is 1.31. The third-order valence-corrected chi connectivity index (χ3v) is 7.04. The number of alkyl halides is 3. The highest BCUT2D eigenvalue weighted by Gasteiger charge is 2.47. The largest absolute Gasteiger partial charge is 0.506 e. The summed E-state index contributed by atoms with van der Waals surface area (Å²) in [4.78, 5) is 14.4. The van der Waals surface area contributed by atoms with Crippen LogP contribution in [-0.4, -0.2) is 44.1 Å². The van der Waals surface area contributed by atoms with Gasteiger partial charge in [-0.05, 0) is 30.3 Å². The molecule has 1 aromatic heterocycles. The van der Waals surface area contributed by atoms with Gasteiger partial charge in [-0.3, -0.25) is 4.79 Å². The first-order valence-electron chi connectivity index (χ1n) is 7.55. The molecule has 0 spiro atoms. The van der Waals surface area contributed by atoms with E-state index in [4.69, 9.17) is 11.6 Å². The average molecular weight is 473 g/mol. The van der Waals surface area contributed by atoms with Crippen LogP contribution in [0.4, 0.5) is 18.9 Å². The van der Waals surface area contributed by atoms with Crippen molar-refractivity contribution in [1.29, 1.82) is 0 Å². The van der Waals surface area contributed by atoms with Gasteiger partial charge in [0.1, 0.15) is 16.6 Å². The molecule has 1 heterocycles. The van der Waals surface area contributed by atoms with E-state index in [2.05, 4.69) is 4.98 Å². The fourth-order valence-corrected chi connectivity index (χ4v) is 4.04. The van der Waals surface area contributed by atoms with Crippen LogP contribution in [0.3, 0.4) is 0 Å². The highest BCUT2D eigenvalue weighted by atomic mass is 35.5. The van der Waals surface area contributed by atoms with Crippen molar-refractivity contribution >= 4 is 42.9 Å². The number of hydrogen-bond donors (Lipinski definition) is 2. The summed E-state index contributed by atoms with van der Waals surface area (Å²) in [5, 5.41) is 11.5. The lowest BCUT2D eigenvalue weighted by Crippen LogP contribution is -2.23. The van der Waals surface area contributed by atoms with Gasteiger partial charge in [0.15, 0.2) is 9.84 Å². The summed E-state index contributed by atoms with van der Waals surface area (Å²) in [5.74, 6) is -2.39. The molecule has 0 aliphatic rings. The Morgan fingerprint density at radius 2 is 1.79 bits per heavy atom. The first-order valence-corrected chi connectivity index (χ1v) is 11.1. The van der Waals surface area contributed by atoms with Gasteiger partial charge in [0.25, 0.3) is 15.7 Å². The molecule has 1 amide bonds. The molecule has 1 aromatic carbocycles. The van der Waals surface area contributed by atoms with Crippen LogP contribution in [0, 0.1) is 0 Å². The van der Waals surface area contributed by atoms with Crippen molar-refractivity contribution in [3.8, 4) is 5.75 Å². The number of hydrogen-bond acceptors (Lipinski definition) is 7. The smallest absolute Gasteiger partial charge is 0.501 e. The molecule has 2 aromatic rings. The Labute approximate surface area is 168 Å². The van der Waals surface area contributed by atoms with Gasteiger partial charge in [0.2, 0.25) is 0 Å². The van der Waals surface area contributed by atoms with Gasteiger partial charge in [-0.25, -0.2) is 21.8 Å². The highest BCUT2D eigenvalue weighted by molar-refractivity contribution is 7.92. The van der Waals surface area contributed by atoms with Crippen LogP contribution in [-0.2, 0) is 19.7 Å². The zero-order chi connectivity index (χ0) is 22.2. The number of aromatic nitrogens is 1. The van der Waals surface area contributed by atoms with Crippen molar-refractivity contribution in [3.05, 3.63) is 41.2 Å². The zero-order valence-corrected chi connectivity index (χ0v) is 16.7. The molecule has 158 valence electrons. The van der Waals surface area contributed by atoms with Crippen molar-refractivity contribution in [2.45, 2.75) is 22.2 Å². The molecule has 14 heteroatoms. The lowest BCUT2D eigenvalue weighted by Gasteiger charge is -2.13. The monoisotopic (exact) mass is 472 g/mol. The fraction of sp³-hybridized carbons (Fsp3) is 0.200. The molecule has 0 saturated heterocycles. The molecular weight excluding hydrogens is 461 g/mol. The fourth-order valence-electron chi connectivity index (χ4n) is 2.09. The van der Waals surface area contributed by atoms with Crippen molar-refractivity contribution in [1.82, 2.24) is 4.98 Å². The van der Waals surface area contributed by atoms with Crippen molar-refractivity contribution in [2.75, 3.05) is 11.1 Å². The quantitative estimate of drug-likeness (QED) is 0.505. The second-order valence-electron chi connectivity index (χ2n) is 5.47. The maximum Gasteiger partial charge on any atom is 0.501 e. The Bertz CT molecular complexity index is 1180. The standard InChI is InChI=1S/C15H12ClF3N2O6S2/c1-2-28(24,25)11-5-6-12(16)21-13(11)14(23)20-9-7-8(3-4-10(9)22)29(26,27)15(17,18)19/h3-7,22H,2H2,1H3,(H,20,23). The maximum absolute atomic E-state index is 12.7. The predicted octanol–water partition coefficient (Wildman–Crippen LogP) is 2.78. The number of phenolic OH excluding ortho intramolecular Hbond substituents is 1. The summed E-state index contributed by atoms with van der Waals surface area (Å²) < 4.78 is 85.5. The van der Waals surface area contributed by atoms with E-state index in [9.17, 15) is 39.9 Å². The maximum atomic E-state index is 12.7. The molecular formula is C15H12ClF3N2O6S2. The number of anilines is 1. The van der Waals surface area contributed by atoms with Crippen LogP contribution in [0.1, 0.15) is 17.4 Å². The lowest BCUT2D eigenvalue weighted by atomic mass is 10.2. The number of aromatic hydroxyl groups is 1. The number of nitrogens with one attached hydrogen (secondary N) is 1. The number of pyridine rings is 1. The topological polar surface area (TPSA) is 130 Å². The minimum Gasteiger partial charge on any atom is -0.506 e. The summed E-state index contributed by atoms with van der Waals surface area (Å²) in [7, 11) is -9.69. The second kappa shape index (κ2) is 7.80. The van der Waals surface area contributed by atoms with Gasteiger partial charge in [-0.15, -0.1) is 0 Å². The molecule has 0 bridgehead atoms. The summed E-state index contributed by atoms with van der Waals surface area (Å²) in [5.41, 5.74) is -6.99. The zero-order valence-electron chi connectivity index (χ0n) is 14.4. The van der Waals surface area contributed by atoms with Gasteiger partial charge >= 0.3 is 5.51 Å².